The fourth-order valence-corrected chi connectivity index (χ4v) is 1.03. The zero-order chi connectivity index (χ0) is 23.8. The Balaban J connectivity index is -0.000000163. The Morgan fingerprint density at radius 1 is 0.759 bits per heavy atom. The molecule has 0 rings (SSSR count). The Labute approximate surface area is 178 Å². The lowest BCUT2D eigenvalue weighted by Crippen LogP contribution is -2.05. The van der Waals surface area contributed by atoms with Gasteiger partial charge in [0.15, 0.2) is 0 Å². The van der Waals surface area contributed by atoms with Gasteiger partial charge in [0.05, 0.1) is 19.8 Å². The Morgan fingerprint density at radius 3 is 1.34 bits per heavy atom. The van der Waals surface area contributed by atoms with Crippen LogP contribution in [-0.2, 0) is 19.1 Å². The lowest BCUT2D eigenvalue weighted by Gasteiger charge is -2.03. The second-order valence-corrected chi connectivity index (χ2v) is 6.02. The lowest BCUT2D eigenvalue weighted by molar-refractivity contribution is -0.139. The van der Waals surface area contributed by atoms with Gasteiger partial charge in [-0.05, 0) is 33.6 Å². The smallest absolute Gasteiger partial charge is 0.333 e. The van der Waals surface area contributed by atoms with Crippen molar-refractivity contribution in [1.29, 1.82) is 0 Å². The molecule has 0 saturated heterocycles. The minimum Gasteiger partial charge on any atom is -0.478 e. The minimum absolute atomic E-state index is 0.125. The monoisotopic (exact) mass is 438 g/mol. The van der Waals surface area contributed by atoms with E-state index in [1.807, 2.05) is 0 Å². The van der Waals surface area contributed by atoms with E-state index in [1.165, 1.54) is 13.8 Å². The molecular formula is C20H35ClO8. The molecule has 0 spiro atoms. The number of hydrogen-bond donors (Lipinski definition) is 4. The Morgan fingerprint density at radius 2 is 1.10 bits per heavy atom. The fourth-order valence-electron chi connectivity index (χ4n) is 0.838. The quantitative estimate of drug-likeness (QED) is 0.176. The largest absolute Gasteiger partial charge is 0.478 e. The van der Waals surface area contributed by atoms with Crippen molar-refractivity contribution in [2.75, 3.05) is 25.7 Å². The third kappa shape index (κ3) is 41.4. The van der Waals surface area contributed by atoms with E-state index in [4.69, 9.17) is 36.8 Å². The molecule has 0 saturated carbocycles. The van der Waals surface area contributed by atoms with Gasteiger partial charge in [0.1, 0.15) is 0 Å². The summed E-state index contributed by atoms with van der Waals surface area (Å²) in [5.41, 5.74) is 0.811. The van der Waals surface area contributed by atoms with Gasteiger partial charge in [0.2, 0.25) is 0 Å². The SMILES string of the molecule is C=C(C)C(=O)O.C=C(C)C(=O)O.C=C(C)C(=O)OCCCCCCCl.OCCO. The summed E-state index contributed by atoms with van der Waals surface area (Å²) < 4.78 is 4.91. The van der Waals surface area contributed by atoms with Crippen LogP contribution in [-0.4, -0.2) is 64.0 Å². The maximum atomic E-state index is 10.9. The van der Waals surface area contributed by atoms with Crippen LogP contribution in [0.3, 0.4) is 0 Å². The number of hydrogen-bond acceptors (Lipinski definition) is 6. The number of aliphatic hydroxyl groups is 2. The highest BCUT2D eigenvalue weighted by Gasteiger charge is 2.01. The van der Waals surface area contributed by atoms with E-state index in [0.29, 0.717) is 18.1 Å². The summed E-state index contributed by atoms with van der Waals surface area (Å²) in [6.07, 6.45) is 4.12. The molecular weight excluding hydrogens is 404 g/mol. The zero-order valence-electron chi connectivity index (χ0n) is 17.6. The molecule has 9 heteroatoms. The summed E-state index contributed by atoms with van der Waals surface area (Å²) in [6, 6.07) is 0. The van der Waals surface area contributed by atoms with Crippen molar-refractivity contribution in [2.24, 2.45) is 0 Å². The number of ether oxygens (including phenoxy) is 1. The number of aliphatic hydroxyl groups excluding tert-OH is 2. The predicted molar refractivity (Wildman–Crippen MR) is 114 cm³/mol. The van der Waals surface area contributed by atoms with Gasteiger partial charge >= 0.3 is 17.9 Å². The van der Waals surface area contributed by atoms with Crippen molar-refractivity contribution in [3.05, 3.63) is 36.5 Å². The number of carbonyl (C=O) groups is 3. The Kier molecular flexibility index (Phi) is 30.6. The first-order valence-corrected chi connectivity index (χ1v) is 9.30. The number of carbonyl (C=O) groups excluding carboxylic acids is 1. The van der Waals surface area contributed by atoms with E-state index in [2.05, 4.69) is 19.7 Å². The number of rotatable bonds is 10. The van der Waals surface area contributed by atoms with Crippen LogP contribution in [0.1, 0.15) is 46.5 Å². The van der Waals surface area contributed by atoms with Gasteiger partial charge in [-0.15, -0.1) is 11.6 Å². The molecule has 0 radical (unpaired) electrons. The number of aliphatic carboxylic acids is 2. The molecule has 0 aliphatic heterocycles. The van der Waals surface area contributed by atoms with Crippen molar-refractivity contribution < 1.29 is 39.5 Å². The third-order valence-electron chi connectivity index (χ3n) is 2.44. The first kappa shape index (κ1) is 34.4. The van der Waals surface area contributed by atoms with E-state index < -0.39 is 11.9 Å². The third-order valence-corrected chi connectivity index (χ3v) is 2.71. The van der Waals surface area contributed by atoms with Crippen LogP contribution < -0.4 is 0 Å². The number of halogens is 1. The maximum Gasteiger partial charge on any atom is 0.333 e. The fraction of sp³-hybridized carbons (Fsp3) is 0.550. The topological polar surface area (TPSA) is 141 Å². The van der Waals surface area contributed by atoms with Gasteiger partial charge in [0, 0.05) is 22.6 Å². The molecule has 0 unspecified atom stereocenters. The Hall–Kier alpha value is -2.16. The summed E-state index contributed by atoms with van der Waals surface area (Å²) in [5, 5.41) is 31.0. The van der Waals surface area contributed by atoms with Gasteiger partial charge in [-0.25, -0.2) is 14.4 Å². The lowest BCUT2D eigenvalue weighted by atomic mass is 10.2. The van der Waals surface area contributed by atoms with Crippen LogP contribution in [0.25, 0.3) is 0 Å². The molecule has 0 aromatic rings. The molecule has 0 aromatic heterocycles. The molecule has 170 valence electrons. The van der Waals surface area contributed by atoms with E-state index in [9.17, 15) is 14.4 Å². The average molecular weight is 439 g/mol. The first-order valence-electron chi connectivity index (χ1n) is 8.76. The molecule has 0 amide bonds. The van der Waals surface area contributed by atoms with E-state index >= 15 is 0 Å². The Bertz CT molecular complexity index is 451. The maximum absolute atomic E-state index is 10.9. The van der Waals surface area contributed by atoms with Gasteiger partial charge < -0.3 is 25.2 Å². The van der Waals surface area contributed by atoms with Gasteiger partial charge in [0.25, 0.3) is 0 Å². The van der Waals surface area contributed by atoms with Crippen molar-refractivity contribution >= 4 is 29.5 Å². The molecule has 0 aliphatic rings. The molecule has 8 nitrogen and oxygen atoms in total. The van der Waals surface area contributed by atoms with Crippen LogP contribution in [0.2, 0.25) is 0 Å². The highest BCUT2D eigenvalue weighted by molar-refractivity contribution is 6.17. The highest BCUT2D eigenvalue weighted by Crippen LogP contribution is 2.02. The van der Waals surface area contributed by atoms with Crippen molar-refractivity contribution in [3.63, 3.8) is 0 Å². The molecule has 0 atom stereocenters. The van der Waals surface area contributed by atoms with Crippen LogP contribution in [0.15, 0.2) is 36.5 Å². The molecule has 0 heterocycles. The molecule has 4 N–H and O–H groups in total. The van der Waals surface area contributed by atoms with Crippen molar-refractivity contribution in [2.45, 2.75) is 46.5 Å². The van der Waals surface area contributed by atoms with Gasteiger partial charge in [-0.3, -0.25) is 0 Å². The van der Waals surface area contributed by atoms with Gasteiger partial charge in [-0.1, -0.05) is 32.6 Å². The second kappa shape index (κ2) is 25.8. The van der Waals surface area contributed by atoms with Crippen molar-refractivity contribution in [3.8, 4) is 0 Å². The summed E-state index contributed by atoms with van der Waals surface area (Å²) in [7, 11) is 0. The minimum atomic E-state index is -0.935. The summed E-state index contributed by atoms with van der Waals surface area (Å²) in [6.45, 7) is 14.6. The van der Waals surface area contributed by atoms with Crippen LogP contribution in [0.4, 0.5) is 0 Å². The van der Waals surface area contributed by atoms with Gasteiger partial charge in [-0.2, -0.15) is 0 Å². The van der Waals surface area contributed by atoms with Crippen LogP contribution >= 0.6 is 11.6 Å². The molecule has 29 heavy (non-hydrogen) atoms. The molecule has 0 bridgehead atoms. The van der Waals surface area contributed by atoms with E-state index in [0.717, 1.165) is 25.7 Å². The highest BCUT2D eigenvalue weighted by atomic mass is 35.5. The second-order valence-electron chi connectivity index (χ2n) is 5.64. The number of carboxylic acids is 2. The van der Waals surface area contributed by atoms with E-state index in [-0.39, 0.29) is 30.3 Å². The summed E-state index contributed by atoms with van der Waals surface area (Å²) >= 11 is 5.51. The summed E-state index contributed by atoms with van der Waals surface area (Å²) in [4.78, 5) is 30.1. The van der Waals surface area contributed by atoms with Crippen molar-refractivity contribution in [1.82, 2.24) is 0 Å². The molecule has 0 fully saturated rings. The zero-order valence-corrected chi connectivity index (χ0v) is 18.3. The van der Waals surface area contributed by atoms with Crippen LogP contribution in [0, 0.1) is 0 Å². The van der Waals surface area contributed by atoms with Crippen LogP contribution in [0.5, 0.6) is 0 Å². The molecule has 0 aromatic carbocycles. The first-order chi connectivity index (χ1) is 13.4. The van der Waals surface area contributed by atoms with E-state index in [1.54, 1.807) is 6.92 Å². The number of esters is 1. The molecule has 0 aliphatic carbocycles. The summed E-state index contributed by atoms with van der Waals surface area (Å²) in [5.74, 6) is -1.45. The number of alkyl halides is 1. The standard InChI is InChI=1S/C10H17ClO2.2C4H6O2.C2H6O2/c1-9(2)10(12)13-8-6-4-3-5-7-11;2*1-3(2)4(5)6;3-1-2-4/h1,3-8H2,2H3;2*1H2,2H3,(H,5,6);3-4H,1-2H2. The average Bonchev–Trinajstić information content (AvgIpc) is 2.65. The number of unbranched alkanes of at least 4 members (excludes halogenated alkanes) is 3. The normalized spacial score (nSPS) is 8.48. The predicted octanol–water partition coefficient (Wildman–Crippen LogP) is 3.17. The number of carboxylic acid groups (broad SMARTS) is 2.